The molecule has 0 radical (unpaired) electrons. The first kappa shape index (κ1) is 20.2. The van der Waals surface area contributed by atoms with Crippen molar-refractivity contribution in [1.29, 1.82) is 0 Å². The van der Waals surface area contributed by atoms with Gasteiger partial charge in [-0.2, -0.15) is 0 Å². The van der Waals surface area contributed by atoms with Crippen molar-refractivity contribution < 1.29 is 4.79 Å². The summed E-state index contributed by atoms with van der Waals surface area (Å²) in [7, 11) is 0. The molecule has 2 rings (SSSR count). The molecule has 1 heterocycles. The standard InChI is InChI=1S/C23H32N2O/c1-6-18-19(7-2)21(9-4)25-23(20(18)8-3)22(24-16(5)26)15-17-13-11-10-12-14-17/h10-14,22H,6-9,15H2,1-5H3,(H,24,26)/t22-/m0/s1. The van der Waals surface area contributed by atoms with Gasteiger partial charge in [0.05, 0.1) is 11.7 Å². The van der Waals surface area contributed by atoms with Crippen LogP contribution in [0.25, 0.3) is 0 Å². The van der Waals surface area contributed by atoms with Crippen molar-refractivity contribution in [2.75, 3.05) is 0 Å². The highest BCUT2D eigenvalue weighted by molar-refractivity contribution is 5.73. The van der Waals surface area contributed by atoms with E-state index in [1.165, 1.54) is 27.9 Å². The fourth-order valence-electron chi connectivity index (χ4n) is 3.92. The maximum atomic E-state index is 11.9. The minimum atomic E-state index is -0.0913. The van der Waals surface area contributed by atoms with E-state index in [1.807, 2.05) is 18.2 Å². The molecule has 1 aromatic heterocycles. The SMILES string of the molecule is CCc1nc([C@H](Cc2ccccc2)NC(C)=O)c(CC)c(CC)c1CC. The summed E-state index contributed by atoms with van der Waals surface area (Å²) in [4.78, 5) is 17.0. The summed E-state index contributed by atoms with van der Waals surface area (Å²) in [6.45, 7) is 10.4. The zero-order valence-corrected chi connectivity index (χ0v) is 16.9. The number of nitrogens with zero attached hydrogens (tertiary/aromatic N) is 1. The van der Waals surface area contributed by atoms with Gasteiger partial charge >= 0.3 is 0 Å². The quantitative estimate of drug-likeness (QED) is 0.745. The zero-order valence-electron chi connectivity index (χ0n) is 16.9. The fraction of sp³-hybridized carbons (Fsp3) is 0.478. The van der Waals surface area contributed by atoms with E-state index >= 15 is 0 Å². The summed E-state index contributed by atoms with van der Waals surface area (Å²) in [6.07, 6.45) is 4.64. The van der Waals surface area contributed by atoms with Crippen LogP contribution >= 0.6 is 0 Å². The van der Waals surface area contributed by atoms with Gasteiger partial charge in [0.15, 0.2) is 0 Å². The second-order valence-electron chi connectivity index (χ2n) is 6.74. The molecule has 140 valence electrons. The maximum Gasteiger partial charge on any atom is 0.217 e. The lowest BCUT2D eigenvalue weighted by molar-refractivity contribution is -0.119. The molecule has 0 unspecified atom stereocenters. The van der Waals surface area contributed by atoms with Gasteiger partial charge in [-0.25, -0.2) is 0 Å². The van der Waals surface area contributed by atoms with Crippen molar-refractivity contribution in [2.24, 2.45) is 0 Å². The van der Waals surface area contributed by atoms with Crippen LogP contribution < -0.4 is 5.32 Å². The molecule has 1 N–H and O–H groups in total. The Balaban J connectivity index is 2.60. The highest BCUT2D eigenvalue weighted by atomic mass is 16.1. The molecule has 0 saturated heterocycles. The molecule has 1 amide bonds. The van der Waals surface area contributed by atoms with Gasteiger partial charge in [-0.1, -0.05) is 58.0 Å². The number of benzene rings is 1. The highest BCUT2D eigenvalue weighted by Crippen LogP contribution is 2.29. The van der Waals surface area contributed by atoms with Crippen LogP contribution in [-0.2, 0) is 36.9 Å². The third-order valence-corrected chi connectivity index (χ3v) is 5.03. The number of nitrogens with one attached hydrogen (secondary N) is 1. The van der Waals surface area contributed by atoms with Gasteiger partial charge in [0.25, 0.3) is 0 Å². The molecule has 0 saturated carbocycles. The van der Waals surface area contributed by atoms with Gasteiger partial charge in [-0.3, -0.25) is 9.78 Å². The predicted molar refractivity (Wildman–Crippen MR) is 108 cm³/mol. The van der Waals surface area contributed by atoms with Crippen LogP contribution in [0.4, 0.5) is 0 Å². The van der Waals surface area contributed by atoms with E-state index in [0.29, 0.717) is 0 Å². The zero-order chi connectivity index (χ0) is 19.1. The molecule has 26 heavy (non-hydrogen) atoms. The lowest BCUT2D eigenvalue weighted by atomic mass is 9.89. The summed E-state index contributed by atoms with van der Waals surface area (Å²) in [5.41, 5.74) is 7.59. The van der Waals surface area contributed by atoms with E-state index in [4.69, 9.17) is 4.98 Å². The van der Waals surface area contributed by atoms with E-state index < -0.39 is 0 Å². The molecule has 3 nitrogen and oxygen atoms in total. The van der Waals surface area contributed by atoms with Gasteiger partial charge in [0.2, 0.25) is 5.91 Å². The Morgan fingerprint density at radius 3 is 2.04 bits per heavy atom. The van der Waals surface area contributed by atoms with Gasteiger partial charge < -0.3 is 5.32 Å². The van der Waals surface area contributed by atoms with E-state index in [-0.39, 0.29) is 11.9 Å². The Bertz CT molecular complexity index is 738. The molecule has 0 aliphatic heterocycles. The average molecular weight is 353 g/mol. The molecule has 3 heteroatoms. The van der Waals surface area contributed by atoms with E-state index in [2.05, 4.69) is 45.1 Å². The molecule has 2 aromatic rings. The van der Waals surface area contributed by atoms with Gasteiger partial charge in [-0.05, 0) is 54.4 Å². The molecule has 0 aliphatic rings. The third kappa shape index (κ3) is 4.51. The summed E-state index contributed by atoms with van der Waals surface area (Å²) in [6, 6.07) is 10.2. The van der Waals surface area contributed by atoms with Crippen molar-refractivity contribution in [3.8, 4) is 0 Å². The normalized spacial score (nSPS) is 12.0. The number of aromatic nitrogens is 1. The first-order valence-electron chi connectivity index (χ1n) is 9.89. The predicted octanol–water partition coefficient (Wildman–Crippen LogP) is 4.75. The topological polar surface area (TPSA) is 42.0 Å². The number of carbonyl (C=O) groups is 1. The molecule has 1 atom stereocenters. The minimum absolute atomic E-state index is 0.00884. The molecule has 1 aromatic carbocycles. The number of carbonyl (C=O) groups excluding carboxylic acids is 1. The van der Waals surface area contributed by atoms with Crippen LogP contribution in [0.5, 0.6) is 0 Å². The van der Waals surface area contributed by atoms with Crippen LogP contribution in [0.15, 0.2) is 30.3 Å². The fourth-order valence-corrected chi connectivity index (χ4v) is 3.92. The number of hydrogen-bond donors (Lipinski definition) is 1. The largest absolute Gasteiger partial charge is 0.348 e. The van der Waals surface area contributed by atoms with Gasteiger partial charge in [0, 0.05) is 12.6 Å². The lowest BCUT2D eigenvalue weighted by Gasteiger charge is -2.25. The second-order valence-corrected chi connectivity index (χ2v) is 6.74. The van der Waals surface area contributed by atoms with Crippen molar-refractivity contribution in [1.82, 2.24) is 10.3 Å². The number of rotatable bonds is 8. The maximum absolute atomic E-state index is 11.9. The number of aryl methyl sites for hydroxylation is 1. The Hall–Kier alpha value is -2.16. The molecule has 0 aliphatic carbocycles. The summed E-state index contributed by atoms with van der Waals surface area (Å²) in [5, 5.41) is 3.16. The molecular weight excluding hydrogens is 320 g/mol. The van der Waals surface area contributed by atoms with Crippen molar-refractivity contribution in [3.05, 3.63) is 64.0 Å². The Morgan fingerprint density at radius 2 is 1.54 bits per heavy atom. The third-order valence-electron chi connectivity index (χ3n) is 5.03. The molecule has 0 fully saturated rings. The summed E-state index contributed by atoms with van der Waals surface area (Å²) < 4.78 is 0. The van der Waals surface area contributed by atoms with Crippen molar-refractivity contribution in [3.63, 3.8) is 0 Å². The smallest absolute Gasteiger partial charge is 0.217 e. The Morgan fingerprint density at radius 1 is 0.923 bits per heavy atom. The molecule has 0 spiro atoms. The molecule has 0 bridgehead atoms. The highest BCUT2D eigenvalue weighted by Gasteiger charge is 2.23. The number of hydrogen-bond acceptors (Lipinski definition) is 2. The van der Waals surface area contributed by atoms with E-state index in [9.17, 15) is 4.79 Å². The second kappa shape index (κ2) is 9.51. The van der Waals surface area contributed by atoms with Crippen LogP contribution in [0, 0.1) is 0 Å². The Labute approximate surface area is 158 Å². The first-order valence-corrected chi connectivity index (χ1v) is 9.89. The summed E-state index contributed by atoms with van der Waals surface area (Å²) in [5.74, 6) is -0.00884. The van der Waals surface area contributed by atoms with Gasteiger partial charge in [-0.15, -0.1) is 0 Å². The van der Waals surface area contributed by atoms with Crippen LogP contribution in [-0.4, -0.2) is 10.9 Å². The van der Waals surface area contributed by atoms with Gasteiger partial charge in [0.1, 0.15) is 0 Å². The lowest BCUT2D eigenvalue weighted by Crippen LogP contribution is -2.30. The van der Waals surface area contributed by atoms with Crippen LogP contribution in [0.1, 0.15) is 74.3 Å². The minimum Gasteiger partial charge on any atom is -0.348 e. The van der Waals surface area contributed by atoms with Crippen molar-refractivity contribution >= 4 is 5.91 Å². The Kier molecular flexibility index (Phi) is 7.38. The van der Waals surface area contributed by atoms with Crippen LogP contribution in [0.2, 0.25) is 0 Å². The van der Waals surface area contributed by atoms with Crippen molar-refractivity contribution in [2.45, 2.75) is 72.8 Å². The molecular formula is C23H32N2O. The number of pyridine rings is 1. The van der Waals surface area contributed by atoms with E-state index in [0.717, 1.165) is 37.8 Å². The van der Waals surface area contributed by atoms with E-state index in [1.54, 1.807) is 6.92 Å². The monoisotopic (exact) mass is 352 g/mol. The average Bonchev–Trinajstić information content (AvgIpc) is 2.65. The first-order chi connectivity index (χ1) is 12.5. The van der Waals surface area contributed by atoms with Crippen LogP contribution in [0.3, 0.4) is 0 Å². The summed E-state index contributed by atoms with van der Waals surface area (Å²) >= 11 is 0. The number of amides is 1.